The van der Waals surface area contributed by atoms with Gasteiger partial charge in [-0.1, -0.05) is 34.6 Å². The second-order valence-electron chi connectivity index (χ2n) is 13.6. The van der Waals surface area contributed by atoms with Gasteiger partial charge in [-0.15, -0.1) is 0 Å². The van der Waals surface area contributed by atoms with Crippen LogP contribution in [0.4, 0.5) is 0 Å². The Bertz CT molecular complexity index is 832. The minimum Gasteiger partial charge on any atom is -0.415 e. The average Bonchev–Trinajstić information content (AvgIpc) is 3.14. The number of rotatable bonds is 6. The molecule has 3 saturated heterocycles. The molecule has 3 amide bonds. The summed E-state index contributed by atoms with van der Waals surface area (Å²) in [6.45, 7) is 22.1. The van der Waals surface area contributed by atoms with E-state index < -0.39 is 32.0 Å². The van der Waals surface area contributed by atoms with Crippen molar-refractivity contribution in [1.29, 1.82) is 0 Å². The zero-order valence-corrected chi connectivity index (χ0v) is 24.5. The Morgan fingerprint density at radius 2 is 1.80 bits per heavy atom. The minimum atomic E-state index is -2.04. The second-order valence-corrected chi connectivity index (χ2v) is 18.5. The monoisotopic (exact) mass is 508 g/mol. The molecule has 0 bridgehead atoms. The molecule has 0 radical (unpaired) electrons. The van der Waals surface area contributed by atoms with Gasteiger partial charge in [-0.05, 0) is 70.6 Å². The minimum absolute atomic E-state index is 0.0505. The lowest BCUT2D eigenvalue weighted by atomic mass is 10.0. The molecular weight excluding hydrogens is 460 g/mol. The van der Waals surface area contributed by atoms with E-state index in [1.165, 1.54) is 0 Å². The highest BCUT2D eigenvalue weighted by atomic mass is 28.4. The van der Waals surface area contributed by atoms with Crippen molar-refractivity contribution in [1.82, 2.24) is 20.4 Å². The van der Waals surface area contributed by atoms with Crippen molar-refractivity contribution in [3.8, 4) is 0 Å². The van der Waals surface area contributed by atoms with E-state index in [9.17, 15) is 14.4 Å². The van der Waals surface area contributed by atoms with Gasteiger partial charge in [0.25, 0.3) is 0 Å². The van der Waals surface area contributed by atoms with E-state index in [1.54, 1.807) is 0 Å². The van der Waals surface area contributed by atoms with Gasteiger partial charge in [0, 0.05) is 5.54 Å². The third-order valence-electron chi connectivity index (χ3n) is 8.02. The number of hydrogen-bond donors (Lipinski definition) is 2. The Morgan fingerprint density at radius 1 is 1.17 bits per heavy atom. The Kier molecular flexibility index (Phi) is 7.86. The van der Waals surface area contributed by atoms with E-state index in [1.807, 2.05) is 30.6 Å². The van der Waals surface area contributed by atoms with E-state index in [0.717, 1.165) is 6.42 Å². The summed E-state index contributed by atoms with van der Waals surface area (Å²) in [6.07, 6.45) is 2.14. The van der Waals surface area contributed by atoms with Gasteiger partial charge >= 0.3 is 0 Å². The number of nitrogens with one attached hydrogen (secondary N) is 2. The van der Waals surface area contributed by atoms with Crippen molar-refractivity contribution in [3.05, 3.63) is 0 Å². The molecule has 3 heterocycles. The lowest BCUT2D eigenvalue weighted by molar-refractivity contribution is -0.134. The zero-order valence-electron chi connectivity index (χ0n) is 23.5. The van der Waals surface area contributed by atoms with Gasteiger partial charge in [-0.2, -0.15) is 0 Å². The molecule has 200 valence electrons. The number of carbonyl (C=O) groups is 3. The first-order chi connectivity index (χ1) is 15.9. The van der Waals surface area contributed by atoms with Crippen LogP contribution in [0.2, 0.25) is 18.1 Å². The van der Waals surface area contributed by atoms with Gasteiger partial charge in [-0.3, -0.25) is 19.3 Å². The first-order valence-electron chi connectivity index (χ1n) is 13.3. The van der Waals surface area contributed by atoms with Crippen molar-refractivity contribution in [3.63, 3.8) is 0 Å². The zero-order chi connectivity index (χ0) is 26.5. The van der Waals surface area contributed by atoms with Crippen LogP contribution in [-0.2, 0) is 18.8 Å². The molecule has 0 spiro atoms. The fourth-order valence-corrected chi connectivity index (χ4v) is 6.17. The topological polar surface area (TPSA) is 90.8 Å². The molecule has 0 aromatic rings. The highest BCUT2D eigenvalue weighted by molar-refractivity contribution is 6.74. The first-order valence-corrected chi connectivity index (χ1v) is 16.2. The molecule has 2 N–H and O–H groups in total. The third kappa shape index (κ3) is 6.10. The lowest BCUT2D eigenvalue weighted by Gasteiger charge is -2.36. The van der Waals surface area contributed by atoms with Crippen molar-refractivity contribution in [2.45, 2.75) is 129 Å². The van der Waals surface area contributed by atoms with Gasteiger partial charge in [0.2, 0.25) is 17.7 Å². The Labute approximate surface area is 213 Å². The molecule has 0 aromatic carbocycles. The van der Waals surface area contributed by atoms with E-state index in [4.69, 9.17) is 4.43 Å². The number of nitrogens with zero attached hydrogens (tertiary/aromatic N) is 2. The highest BCUT2D eigenvalue weighted by Gasteiger charge is 2.62. The molecule has 8 nitrogen and oxygen atoms in total. The molecule has 5 unspecified atom stereocenters. The van der Waals surface area contributed by atoms with E-state index in [-0.39, 0.29) is 40.8 Å². The predicted octanol–water partition coefficient (Wildman–Crippen LogP) is 2.88. The molecule has 0 aromatic heterocycles. The SMILES string of the molecule is CC(C)CC1NC(=O)C2CCCN2C(C(=O)NC(C)(C)C)C2C(CO[Si](C)(C)C(C)(C)C)N2C1=O. The van der Waals surface area contributed by atoms with E-state index >= 15 is 0 Å². The molecule has 0 saturated carbocycles. The van der Waals surface area contributed by atoms with Crippen LogP contribution in [0.25, 0.3) is 0 Å². The lowest BCUT2D eigenvalue weighted by Crippen LogP contribution is -2.58. The maximum atomic E-state index is 13.8. The van der Waals surface area contributed by atoms with Gasteiger partial charge in [0.1, 0.15) is 12.1 Å². The summed E-state index contributed by atoms with van der Waals surface area (Å²) in [4.78, 5) is 44.7. The van der Waals surface area contributed by atoms with Gasteiger partial charge in [0.15, 0.2) is 8.32 Å². The first kappa shape index (κ1) is 28.1. The number of hydrogen-bond acceptors (Lipinski definition) is 5. The molecule has 3 fully saturated rings. The van der Waals surface area contributed by atoms with Crippen LogP contribution in [0.3, 0.4) is 0 Å². The molecule has 35 heavy (non-hydrogen) atoms. The van der Waals surface area contributed by atoms with Crippen molar-refractivity contribution in [2.24, 2.45) is 5.92 Å². The van der Waals surface area contributed by atoms with Crippen molar-refractivity contribution in [2.75, 3.05) is 13.2 Å². The molecule has 9 heteroatoms. The fraction of sp³-hybridized carbons (Fsp3) is 0.885. The molecular formula is C26H48N4O4Si. The van der Waals surface area contributed by atoms with Gasteiger partial charge in [0.05, 0.1) is 24.7 Å². The van der Waals surface area contributed by atoms with E-state index in [2.05, 4.69) is 58.3 Å². The van der Waals surface area contributed by atoms with E-state index in [0.29, 0.717) is 26.0 Å². The highest BCUT2D eigenvalue weighted by Crippen LogP contribution is 2.42. The van der Waals surface area contributed by atoms with Crippen LogP contribution in [0.1, 0.15) is 74.7 Å². The number of carbonyl (C=O) groups excluding carboxylic acids is 3. The molecule has 3 rings (SSSR count). The average molecular weight is 509 g/mol. The summed E-state index contributed by atoms with van der Waals surface area (Å²) in [6, 6.07) is -2.00. The summed E-state index contributed by atoms with van der Waals surface area (Å²) < 4.78 is 6.56. The van der Waals surface area contributed by atoms with Crippen molar-refractivity contribution < 1.29 is 18.8 Å². The van der Waals surface area contributed by atoms with Gasteiger partial charge in [-0.25, -0.2) is 0 Å². The maximum Gasteiger partial charge on any atom is 0.245 e. The predicted molar refractivity (Wildman–Crippen MR) is 140 cm³/mol. The Hall–Kier alpha value is -1.45. The molecule has 3 aliphatic rings. The van der Waals surface area contributed by atoms with Crippen LogP contribution < -0.4 is 10.6 Å². The molecule has 3 aliphatic heterocycles. The second kappa shape index (κ2) is 9.78. The number of fused-ring (bicyclic) bond motifs is 2. The summed E-state index contributed by atoms with van der Waals surface area (Å²) in [5.74, 6) is -0.0793. The smallest absolute Gasteiger partial charge is 0.245 e. The summed E-state index contributed by atoms with van der Waals surface area (Å²) >= 11 is 0. The Morgan fingerprint density at radius 3 is 2.34 bits per heavy atom. The van der Waals surface area contributed by atoms with Crippen molar-refractivity contribution >= 4 is 26.0 Å². The van der Waals surface area contributed by atoms with Crippen LogP contribution >= 0.6 is 0 Å². The standard InChI is InChI=1S/C26H48N4O4Si/c1-16(2)14-17-24(33)30-19(15-34-35(9,10)26(6,7)8)20(30)21(23(32)28-25(3,4)5)29-13-11-12-18(29)22(31)27-17/h16-21H,11-15H2,1-10H3,(H,27,31)(H,28,32). The quantitative estimate of drug-likeness (QED) is 0.425. The maximum absolute atomic E-state index is 13.8. The summed E-state index contributed by atoms with van der Waals surface area (Å²) in [5, 5.41) is 6.24. The van der Waals surface area contributed by atoms with Gasteiger partial charge < -0.3 is 20.0 Å². The molecule has 5 atom stereocenters. The summed E-state index contributed by atoms with van der Waals surface area (Å²) in [5.41, 5.74) is -0.413. The number of amides is 3. The van der Waals surface area contributed by atoms with Crippen LogP contribution in [0.15, 0.2) is 0 Å². The largest absolute Gasteiger partial charge is 0.415 e. The third-order valence-corrected chi connectivity index (χ3v) is 12.5. The molecule has 0 aliphatic carbocycles. The summed E-state index contributed by atoms with van der Waals surface area (Å²) in [7, 11) is -2.04. The Balaban J connectivity index is 1.98. The van der Waals surface area contributed by atoms with Crippen LogP contribution in [0, 0.1) is 5.92 Å². The normalized spacial score (nSPS) is 30.3. The fourth-order valence-electron chi connectivity index (χ4n) is 5.15. The van der Waals surface area contributed by atoms with Crippen LogP contribution in [-0.4, -0.2) is 84.7 Å². The van der Waals surface area contributed by atoms with Crippen LogP contribution in [0.5, 0.6) is 0 Å².